The first-order chi connectivity index (χ1) is 12.9. The van der Waals surface area contributed by atoms with Gasteiger partial charge in [0.25, 0.3) is 0 Å². The fourth-order valence-electron chi connectivity index (χ4n) is 2.39. The number of aliphatic hydroxyl groups excluding tert-OH is 1. The maximum absolute atomic E-state index is 12.4. The van der Waals surface area contributed by atoms with E-state index >= 15 is 0 Å². The zero-order valence-corrected chi connectivity index (χ0v) is 17.2. The number of hydrogen-bond donors (Lipinski definition) is 6. The Morgan fingerprint density at radius 3 is 2.00 bits per heavy atom. The molecular weight excluding hydrogens is 368 g/mol. The summed E-state index contributed by atoms with van der Waals surface area (Å²) < 4.78 is 0. The Hall–Kier alpha value is -2.20. The van der Waals surface area contributed by atoms with Gasteiger partial charge in [0.1, 0.15) is 6.04 Å². The van der Waals surface area contributed by atoms with Crippen LogP contribution in [0.3, 0.4) is 0 Å². The van der Waals surface area contributed by atoms with Crippen LogP contribution in [-0.2, 0) is 19.2 Å². The van der Waals surface area contributed by atoms with Crippen LogP contribution in [0, 0.1) is 11.8 Å². The van der Waals surface area contributed by atoms with Crippen LogP contribution in [0.2, 0.25) is 0 Å². The molecule has 5 unspecified atom stereocenters. The van der Waals surface area contributed by atoms with Crippen LogP contribution in [0.15, 0.2) is 0 Å². The third kappa shape index (κ3) is 9.14. The molecule has 28 heavy (non-hydrogen) atoms. The molecule has 0 spiro atoms. The van der Waals surface area contributed by atoms with E-state index in [0.29, 0.717) is 6.42 Å². The highest BCUT2D eigenvalue weighted by atomic mass is 16.4. The lowest BCUT2D eigenvalue weighted by Gasteiger charge is -2.24. The van der Waals surface area contributed by atoms with Gasteiger partial charge >= 0.3 is 5.97 Å². The van der Waals surface area contributed by atoms with Crippen molar-refractivity contribution >= 4 is 23.7 Å². The summed E-state index contributed by atoms with van der Waals surface area (Å²) in [6.45, 7) is 8.28. The predicted octanol–water partition coefficient (Wildman–Crippen LogP) is -1.04. The molecule has 0 saturated heterocycles. The first-order valence-electron chi connectivity index (χ1n) is 9.44. The second kappa shape index (κ2) is 12.3. The number of nitrogens with one attached hydrogen (secondary N) is 3. The number of hydrogen-bond acceptors (Lipinski definition) is 6. The molecule has 7 N–H and O–H groups in total. The summed E-state index contributed by atoms with van der Waals surface area (Å²) >= 11 is 0. The highest BCUT2D eigenvalue weighted by molar-refractivity contribution is 5.92. The molecule has 0 fully saturated rings. The lowest BCUT2D eigenvalue weighted by Crippen LogP contribution is -2.56. The van der Waals surface area contributed by atoms with Crippen molar-refractivity contribution in [2.24, 2.45) is 17.6 Å². The summed E-state index contributed by atoms with van der Waals surface area (Å²) in [5.74, 6) is -3.19. The average molecular weight is 402 g/mol. The largest absolute Gasteiger partial charge is 0.480 e. The molecule has 0 saturated carbocycles. The van der Waals surface area contributed by atoms with E-state index in [0.717, 1.165) is 0 Å². The van der Waals surface area contributed by atoms with Crippen molar-refractivity contribution in [3.05, 3.63) is 0 Å². The first-order valence-corrected chi connectivity index (χ1v) is 9.44. The van der Waals surface area contributed by atoms with Crippen LogP contribution in [0.4, 0.5) is 0 Å². The smallest absolute Gasteiger partial charge is 0.328 e. The first kappa shape index (κ1) is 25.8. The Labute approximate surface area is 165 Å². The third-order valence-corrected chi connectivity index (χ3v) is 4.39. The summed E-state index contributed by atoms with van der Waals surface area (Å²) in [7, 11) is 0. The van der Waals surface area contributed by atoms with E-state index in [2.05, 4.69) is 16.0 Å². The number of nitrogens with two attached hydrogens (primary N) is 1. The Balaban J connectivity index is 4.90. The number of aliphatic hydroxyl groups is 1. The van der Waals surface area contributed by atoms with Crippen molar-refractivity contribution in [3.63, 3.8) is 0 Å². The van der Waals surface area contributed by atoms with E-state index in [1.165, 1.54) is 6.92 Å². The molecule has 0 aromatic carbocycles. The molecule has 0 heterocycles. The molecule has 0 aliphatic heterocycles. The lowest BCUT2D eigenvalue weighted by molar-refractivity contribution is -0.145. The van der Waals surface area contributed by atoms with E-state index in [4.69, 9.17) is 10.8 Å². The van der Waals surface area contributed by atoms with Crippen molar-refractivity contribution < 1.29 is 29.4 Å². The quantitative estimate of drug-likeness (QED) is 0.242. The average Bonchev–Trinajstić information content (AvgIpc) is 2.60. The number of amides is 3. The van der Waals surface area contributed by atoms with Crippen LogP contribution in [0.1, 0.15) is 47.5 Å². The number of carboxylic acids is 1. The molecular formula is C18H34N4O6. The summed E-state index contributed by atoms with van der Waals surface area (Å²) in [5.41, 5.74) is 5.80. The van der Waals surface area contributed by atoms with Gasteiger partial charge in [-0.15, -0.1) is 0 Å². The van der Waals surface area contributed by atoms with Crippen molar-refractivity contribution in [1.29, 1.82) is 0 Å². The molecule has 0 aromatic heterocycles. The summed E-state index contributed by atoms with van der Waals surface area (Å²) in [4.78, 5) is 47.6. The van der Waals surface area contributed by atoms with Crippen LogP contribution in [-0.4, -0.2) is 64.7 Å². The molecule has 10 nitrogen and oxygen atoms in total. The van der Waals surface area contributed by atoms with E-state index in [1.54, 1.807) is 0 Å². The summed E-state index contributed by atoms with van der Waals surface area (Å²) in [6.07, 6.45) is -0.339. The van der Waals surface area contributed by atoms with Gasteiger partial charge in [0.2, 0.25) is 17.7 Å². The van der Waals surface area contributed by atoms with Gasteiger partial charge in [0.15, 0.2) is 6.04 Å². The van der Waals surface area contributed by atoms with Crippen LogP contribution < -0.4 is 21.7 Å². The molecule has 10 heteroatoms. The van der Waals surface area contributed by atoms with Gasteiger partial charge in [-0.3, -0.25) is 14.4 Å². The van der Waals surface area contributed by atoms with E-state index in [9.17, 15) is 24.3 Å². The van der Waals surface area contributed by atoms with Gasteiger partial charge in [0.05, 0.1) is 18.7 Å². The SMILES string of the molecule is CCC(C)C(N)C(=O)NCC(=O)NC(CC(C)C)C(=O)NC(C(=O)O)C(C)O. The molecule has 3 amide bonds. The highest BCUT2D eigenvalue weighted by Gasteiger charge is 2.30. The summed E-state index contributed by atoms with van der Waals surface area (Å²) in [5, 5.41) is 25.7. The minimum Gasteiger partial charge on any atom is -0.480 e. The second-order valence-electron chi connectivity index (χ2n) is 7.44. The fourth-order valence-corrected chi connectivity index (χ4v) is 2.39. The van der Waals surface area contributed by atoms with Gasteiger partial charge in [0, 0.05) is 0 Å². The molecule has 0 rings (SSSR count). The zero-order chi connectivity index (χ0) is 22.0. The van der Waals surface area contributed by atoms with Gasteiger partial charge in [-0.2, -0.15) is 0 Å². The second-order valence-corrected chi connectivity index (χ2v) is 7.44. The fraction of sp³-hybridized carbons (Fsp3) is 0.778. The Bertz CT molecular complexity index is 552. The molecule has 162 valence electrons. The van der Waals surface area contributed by atoms with Gasteiger partial charge in [-0.25, -0.2) is 4.79 Å². The molecule has 0 aliphatic rings. The van der Waals surface area contributed by atoms with Crippen LogP contribution in [0.5, 0.6) is 0 Å². The van der Waals surface area contributed by atoms with Crippen molar-refractivity contribution in [2.45, 2.75) is 71.7 Å². The molecule has 0 bridgehead atoms. The molecule has 5 atom stereocenters. The standard InChI is InChI=1S/C18H34N4O6/c1-6-10(4)14(19)17(26)20-8-13(24)21-12(7-9(2)3)16(25)22-15(11(5)23)18(27)28/h9-12,14-15,23H,6-8,19H2,1-5H3,(H,20,26)(H,21,24)(H,22,25)(H,27,28). The predicted molar refractivity (Wildman–Crippen MR) is 103 cm³/mol. The van der Waals surface area contributed by atoms with Gasteiger partial charge in [-0.05, 0) is 25.2 Å². The minimum absolute atomic E-state index is 0.0271. The Morgan fingerprint density at radius 1 is 1.00 bits per heavy atom. The summed E-state index contributed by atoms with van der Waals surface area (Å²) in [6, 6.07) is -3.24. The number of carbonyl (C=O) groups excluding carboxylic acids is 3. The monoisotopic (exact) mass is 402 g/mol. The lowest BCUT2D eigenvalue weighted by atomic mass is 9.99. The third-order valence-electron chi connectivity index (χ3n) is 4.39. The van der Waals surface area contributed by atoms with Crippen LogP contribution in [0.25, 0.3) is 0 Å². The Kier molecular flexibility index (Phi) is 11.3. The van der Waals surface area contributed by atoms with Crippen molar-refractivity contribution in [3.8, 4) is 0 Å². The topological polar surface area (TPSA) is 171 Å². The number of rotatable bonds is 12. The maximum Gasteiger partial charge on any atom is 0.328 e. The highest BCUT2D eigenvalue weighted by Crippen LogP contribution is 2.07. The van der Waals surface area contributed by atoms with E-state index in [1.807, 2.05) is 27.7 Å². The van der Waals surface area contributed by atoms with Gasteiger partial charge < -0.3 is 31.9 Å². The molecule has 0 radical (unpaired) electrons. The molecule has 0 aromatic rings. The number of carboxylic acid groups (broad SMARTS) is 1. The maximum atomic E-state index is 12.4. The Morgan fingerprint density at radius 2 is 1.57 bits per heavy atom. The van der Waals surface area contributed by atoms with Crippen molar-refractivity contribution in [2.75, 3.05) is 6.54 Å². The van der Waals surface area contributed by atoms with Crippen molar-refractivity contribution in [1.82, 2.24) is 16.0 Å². The number of aliphatic carboxylic acids is 1. The van der Waals surface area contributed by atoms with E-state index < -0.39 is 47.9 Å². The number of carbonyl (C=O) groups is 4. The normalized spacial score (nSPS) is 16.4. The minimum atomic E-state index is -1.49. The van der Waals surface area contributed by atoms with Crippen LogP contribution >= 0.6 is 0 Å². The van der Waals surface area contributed by atoms with E-state index in [-0.39, 0.29) is 24.8 Å². The molecule has 0 aliphatic carbocycles. The van der Waals surface area contributed by atoms with Gasteiger partial charge in [-0.1, -0.05) is 34.1 Å². The zero-order valence-electron chi connectivity index (χ0n) is 17.2.